The Morgan fingerprint density at radius 2 is 2.12 bits per heavy atom. The van der Waals surface area contributed by atoms with Crippen LogP contribution in [0, 0.1) is 0 Å². The van der Waals surface area contributed by atoms with E-state index in [0.717, 1.165) is 36.3 Å². The second kappa shape index (κ2) is 6.27. The van der Waals surface area contributed by atoms with Crippen LogP contribution in [0.15, 0.2) is 36.7 Å². The van der Waals surface area contributed by atoms with E-state index < -0.39 is 5.41 Å². The molecule has 0 bridgehead atoms. The van der Waals surface area contributed by atoms with E-state index in [1.54, 1.807) is 11.1 Å². The highest BCUT2D eigenvalue weighted by molar-refractivity contribution is 6.08. The van der Waals surface area contributed by atoms with E-state index in [1.807, 2.05) is 53.9 Å². The molecule has 2 aliphatic rings. The van der Waals surface area contributed by atoms with Gasteiger partial charge in [0.1, 0.15) is 12.4 Å². The molecule has 0 aliphatic carbocycles. The van der Waals surface area contributed by atoms with E-state index in [2.05, 4.69) is 4.98 Å². The van der Waals surface area contributed by atoms with Crippen LogP contribution in [-0.2, 0) is 28.0 Å². The Balaban J connectivity index is 1.60. The highest BCUT2D eigenvalue weighted by Crippen LogP contribution is 2.46. The molecule has 136 valence electrons. The Labute approximate surface area is 153 Å². The number of anilines is 1. The molecule has 1 fully saturated rings. The van der Waals surface area contributed by atoms with Crippen LogP contribution in [0.1, 0.15) is 31.2 Å². The molecule has 1 atom stereocenters. The number of aromatic nitrogens is 2. The van der Waals surface area contributed by atoms with Crippen molar-refractivity contribution in [3.63, 3.8) is 0 Å². The summed E-state index contributed by atoms with van der Waals surface area (Å²) in [7, 11) is 1.83. The molecular weight excluding hydrogens is 328 g/mol. The van der Waals surface area contributed by atoms with Crippen molar-refractivity contribution in [1.82, 2.24) is 14.5 Å². The third-order valence-corrected chi connectivity index (χ3v) is 5.76. The Bertz CT molecular complexity index is 859. The van der Waals surface area contributed by atoms with E-state index in [1.165, 1.54) is 0 Å². The number of piperidine rings is 1. The molecule has 2 aliphatic heterocycles. The van der Waals surface area contributed by atoms with Crippen LogP contribution in [0.3, 0.4) is 0 Å². The number of nitrogens with zero attached hydrogens (tertiary/aromatic N) is 4. The first-order valence-corrected chi connectivity index (χ1v) is 9.22. The minimum absolute atomic E-state index is 0.0524. The SMILES string of the molecule is CCc1nccn1CC(=O)N1CCCC2(C1)C(=O)N(C)c1ccccc12. The van der Waals surface area contributed by atoms with Crippen LogP contribution < -0.4 is 4.90 Å². The second-order valence-electron chi connectivity index (χ2n) is 7.21. The van der Waals surface area contributed by atoms with Gasteiger partial charge in [0.15, 0.2) is 0 Å². The van der Waals surface area contributed by atoms with Gasteiger partial charge in [0, 0.05) is 44.6 Å². The summed E-state index contributed by atoms with van der Waals surface area (Å²) in [6.45, 7) is 3.48. The highest BCUT2D eigenvalue weighted by atomic mass is 16.2. The van der Waals surface area contributed by atoms with E-state index in [4.69, 9.17) is 0 Å². The van der Waals surface area contributed by atoms with Crippen molar-refractivity contribution in [2.45, 2.75) is 38.1 Å². The summed E-state index contributed by atoms with van der Waals surface area (Å²) in [5.41, 5.74) is 1.43. The fraction of sp³-hybridized carbons (Fsp3) is 0.450. The number of rotatable bonds is 3. The lowest BCUT2D eigenvalue weighted by atomic mass is 9.75. The molecule has 2 aromatic rings. The third-order valence-electron chi connectivity index (χ3n) is 5.76. The van der Waals surface area contributed by atoms with E-state index >= 15 is 0 Å². The molecule has 1 spiro atoms. The number of likely N-dealkylation sites (tertiary alicyclic amines) is 1. The first kappa shape index (κ1) is 16.8. The maximum absolute atomic E-state index is 13.1. The summed E-state index contributed by atoms with van der Waals surface area (Å²) in [6, 6.07) is 7.96. The molecule has 0 N–H and O–H groups in total. The van der Waals surface area contributed by atoms with Gasteiger partial charge in [-0.15, -0.1) is 0 Å². The first-order chi connectivity index (χ1) is 12.6. The quantitative estimate of drug-likeness (QED) is 0.849. The number of fused-ring (bicyclic) bond motifs is 2. The average Bonchev–Trinajstić information content (AvgIpc) is 3.20. The second-order valence-corrected chi connectivity index (χ2v) is 7.21. The largest absolute Gasteiger partial charge is 0.340 e. The van der Waals surface area contributed by atoms with Crippen molar-refractivity contribution in [2.75, 3.05) is 25.0 Å². The fourth-order valence-corrected chi connectivity index (χ4v) is 4.42. The molecule has 2 amide bonds. The molecule has 3 heterocycles. The molecule has 26 heavy (non-hydrogen) atoms. The number of aryl methyl sites for hydroxylation is 1. The standard InChI is InChI=1S/C20H24N4O2/c1-3-17-21-10-12-23(17)13-18(25)24-11-6-9-20(14-24)15-7-4-5-8-16(15)22(2)19(20)26/h4-5,7-8,10,12H,3,6,9,11,13-14H2,1-2H3. The number of para-hydroxylation sites is 1. The van der Waals surface area contributed by atoms with Crippen LogP contribution in [-0.4, -0.2) is 46.4 Å². The van der Waals surface area contributed by atoms with Crippen molar-refractivity contribution in [1.29, 1.82) is 0 Å². The first-order valence-electron chi connectivity index (χ1n) is 9.22. The molecule has 1 aromatic carbocycles. The Kier molecular flexibility index (Phi) is 4.05. The number of carbonyl (C=O) groups excluding carboxylic acids is 2. The number of likely N-dealkylation sites (N-methyl/N-ethyl adjacent to an activating group) is 1. The van der Waals surface area contributed by atoms with Gasteiger partial charge < -0.3 is 14.4 Å². The Hall–Kier alpha value is -2.63. The average molecular weight is 352 g/mol. The van der Waals surface area contributed by atoms with Gasteiger partial charge in [-0.2, -0.15) is 0 Å². The summed E-state index contributed by atoms with van der Waals surface area (Å²) >= 11 is 0. The van der Waals surface area contributed by atoms with Gasteiger partial charge in [-0.3, -0.25) is 9.59 Å². The van der Waals surface area contributed by atoms with Gasteiger partial charge in [-0.1, -0.05) is 25.1 Å². The minimum atomic E-state index is -0.595. The van der Waals surface area contributed by atoms with Gasteiger partial charge >= 0.3 is 0 Å². The molecule has 0 saturated carbocycles. The van der Waals surface area contributed by atoms with Gasteiger partial charge in [0.25, 0.3) is 0 Å². The Morgan fingerprint density at radius 3 is 2.92 bits per heavy atom. The number of hydrogen-bond donors (Lipinski definition) is 0. The Morgan fingerprint density at radius 1 is 1.31 bits per heavy atom. The number of amides is 2. The van der Waals surface area contributed by atoms with E-state index in [-0.39, 0.29) is 18.4 Å². The zero-order valence-electron chi connectivity index (χ0n) is 15.3. The number of imidazole rings is 1. The lowest BCUT2D eigenvalue weighted by Crippen LogP contribution is -2.53. The van der Waals surface area contributed by atoms with Crippen molar-refractivity contribution in [3.05, 3.63) is 48.0 Å². The number of hydrogen-bond acceptors (Lipinski definition) is 3. The van der Waals surface area contributed by atoms with Crippen LogP contribution >= 0.6 is 0 Å². The van der Waals surface area contributed by atoms with Gasteiger partial charge in [0.05, 0.1) is 5.41 Å². The predicted octanol–water partition coefficient (Wildman–Crippen LogP) is 1.98. The van der Waals surface area contributed by atoms with Crippen LogP contribution in [0.4, 0.5) is 5.69 Å². The topological polar surface area (TPSA) is 58.4 Å². The summed E-state index contributed by atoms with van der Waals surface area (Å²) in [4.78, 5) is 33.9. The lowest BCUT2D eigenvalue weighted by Gasteiger charge is -2.39. The fourth-order valence-electron chi connectivity index (χ4n) is 4.42. The van der Waals surface area contributed by atoms with Crippen LogP contribution in [0.25, 0.3) is 0 Å². The van der Waals surface area contributed by atoms with Crippen LogP contribution in [0.2, 0.25) is 0 Å². The van der Waals surface area contributed by atoms with Crippen molar-refractivity contribution in [3.8, 4) is 0 Å². The third kappa shape index (κ3) is 2.43. The normalized spacial score (nSPS) is 22.2. The molecule has 6 heteroatoms. The molecule has 6 nitrogen and oxygen atoms in total. The summed E-state index contributed by atoms with van der Waals surface area (Å²) in [6.07, 6.45) is 6.00. The highest BCUT2D eigenvalue weighted by Gasteiger charge is 2.52. The maximum Gasteiger partial charge on any atom is 0.242 e. The summed E-state index contributed by atoms with van der Waals surface area (Å²) in [5.74, 6) is 1.07. The van der Waals surface area contributed by atoms with Crippen molar-refractivity contribution in [2.24, 2.45) is 0 Å². The number of carbonyl (C=O) groups is 2. The van der Waals surface area contributed by atoms with Crippen molar-refractivity contribution < 1.29 is 9.59 Å². The number of benzene rings is 1. The maximum atomic E-state index is 13.1. The minimum Gasteiger partial charge on any atom is -0.340 e. The van der Waals surface area contributed by atoms with Crippen molar-refractivity contribution >= 4 is 17.5 Å². The van der Waals surface area contributed by atoms with E-state index in [0.29, 0.717) is 13.1 Å². The molecule has 4 rings (SSSR count). The van der Waals surface area contributed by atoms with Crippen LogP contribution in [0.5, 0.6) is 0 Å². The zero-order valence-corrected chi connectivity index (χ0v) is 15.3. The smallest absolute Gasteiger partial charge is 0.242 e. The lowest BCUT2D eigenvalue weighted by molar-refractivity contribution is -0.136. The van der Waals surface area contributed by atoms with Gasteiger partial charge in [-0.05, 0) is 24.5 Å². The summed E-state index contributed by atoms with van der Waals surface area (Å²) in [5, 5.41) is 0. The molecular formula is C20H24N4O2. The predicted molar refractivity (Wildman–Crippen MR) is 98.9 cm³/mol. The zero-order chi connectivity index (χ0) is 18.3. The molecule has 1 saturated heterocycles. The van der Waals surface area contributed by atoms with Gasteiger partial charge in [0.2, 0.25) is 11.8 Å². The molecule has 1 aromatic heterocycles. The summed E-state index contributed by atoms with van der Waals surface area (Å²) < 4.78 is 1.90. The van der Waals surface area contributed by atoms with Gasteiger partial charge in [-0.25, -0.2) is 4.98 Å². The molecule has 0 radical (unpaired) electrons. The molecule has 1 unspecified atom stereocenters. The van der Waals surface area contributed by atoms with E-state index in [9.17, 15) is 9.59 Å². The monoisotopic (exact) mass is 352 g/mol.